The van der Waals surface area contributed by atoms with E-state index in [4.69, 9.17) is 0 Å². The zero-order chi connectivity index (χ0) is 13.7. The molecule has 0 amide bonds. The van der Waals surface area contributed by atoms with E-state index in [1.165, 1.54) is 16.7 Å². The topological polar surface area (TPSA) is 0 Å². The van der Waals surface area contributed by atoms with Crippen molar-refractivity contribution in [3.8, 4) is 11.1 Å². The minimum Gasteiger partial charge on any atom is -0.103 e. The van der Waals surface area contributed by atoms with Gasteiger partial charge in [-0.05, 0) is 34.6 Å². The third-order valence-corrected chi connectivity index (χ3v) is 3.39. The highest BCUT2D eigenvalue weighted by Crippen LogP contribution is 2.21. The van der Waals surface area contributed by atoms with Gasteiger partial charge < -0.3 is 0 Å². The van der Waals surface area contributed by atoms with E-state index < -0.39 is 0 Å². The van der Waals surface area contributed by atoms with Crippen molar-refractivity contribution < 1.29 is 0 Å². The Hall–Kier alpha value is -2.08. The fourth-order valence-electron chi connectivity index (χ4n) is 2.10. The first kappa shape index (κ1) is 13.4. The van der Waals surface area contributed by atoms with Crippen LogP contribution in [0.4, 0.5) is 0 Å². The highest BCUT2D eigenvalue weighted by atomic mass is 14.1. The summed E-state index contributed by atoms with van der Waals surface area (Å²) >= 11 is 0. The molecule has 0 heteroatoms. The van der Waals surface area contributed by atoms with Crippen LogP contribution in [0.3, 0.4) is 0 Å². The Morgan fingerprint density at radius 2 is 1.42 bits per heavy atom. The van der Waals surface area contributed by atoms with Crippen LogP contribution in [0.1, 0.15) is 18.1 Å². The highest BCUT2D eigenvalue weighted by molar-refractivity contribution is 5.65. The second-order valence-electron chi connectivity index (χ2n) is 4.94. The molecule has 0 fully saturated rings. The minimum atomic E-state index is 0.526. The van der Waals surface area contributed by atoms with Gasteiger partial charge in [0.05, 0.1) is 0 Å². The Morgan fingerprint density at radius 1 is 0.895 bits per heavy atom. The molecule has 0 nitrogen and oxygen atoms in total. The zero-order valence-corrected chi connectivity index (χ0v) is 11.5. The minimum absolute atomic E-state index is 0.526. The van der Waals surface area contributed by atoms with E-state index in [9.17, 15) is 0 Å². The first-order valence-electron chi connectivity index (χ1n) is 6.67. The third kappa shape index (κ3) is 3.45. The maximum atomic E-state index is 3.83. The molecule has 0 bridgehead atoms. The van der Waals surface area contributed by atoms with Crippen LogP contribution >= 0.6 is 0 Å². The van der Waals surface area contributed by atoms with E-state index in [-0.39, 0.29) is 0 Å². The third-order valence-electron chi connectivity index (χ3n) is 3.39. The largest absolute Gasteiger partial charge is 0.103 e. The molecule has 0 aromatic heterocycles. The van der Waals surface area contributed by atoms with Gasteiger partial charge in [0.15, 0.2) is 0 Å². The van der Waals surface area contributed by atoms with E-state index >= 15 is 0 Å². The van der Waals surface area contributed by atoms with Gasteiger partial charge in [-0.15, -0.1) is 6.58 Å². The van der Waals surface area contributed by atoms with E-state index in [0.29, 0.717) is 5.92 Å². The smallest absolute Gasteiger partial charge is 0.0184 e. The summed E-state index contributed by atoms with van der Waals surface area (Å²) in [5.74, 6) is 0.526. The molecule has 2 aromatic rings. The number of benzene rings is 2. The Bertz CT molecular complexity index is 544. The van der Waals surface area contributed by atoms with E-state index in [2.05, 4.69) is 68.6 Å². The maximum absolute atomic E-state index is 3.83. The van der Waals surface area contributed by atoms with Crippen LogP contribution in [0, 0.1) is 5.92 Å². The molecule has 19 heavy (non-hydrogen) atoms. The Labute approximate surface area is 116 Å². The molecule has 0 saturated heterocycles. The average Bonchev–Trinajstić information content (AvgIpc) is 2.48. The molecule has 0 aliphatic carbocycles. The lowest BCUT2D eigenvalue weighted by Gasteiger charge is -2.07. The van der Waals surface area contributed by atoms with Crippen LogP contribution in [-0.2, 0) is 6.42 Å². The molecule has 96 valence electrons. The standard InChI is InChI=1S/C19H20/c1-4-15(3)14-17-8-12-19(13-9-17)18-10-6-16(5-2)7-11-18/h4-13,15H,1-2,14H2,3H3. The van der Waals surface area contributed by atoms with Crippen LogP contribution in [-0.4, -0.2) is 0 Å². The molecule has 0 heterocycles. The van der Waals surface area contributed by atoms with Gasteiger partial charge in [0.25, 0.3) is 0 Å². The average molecular weight is 248 g/mol. The van der Waals surface area contributed by atoms with Crippen molar-refractivity contribution in [3.05, 3.63) is 78.9 Å². The Balaban J connectivity index is 2.17. The number of allylic oxidation sites excluding steroid dienone is 1. The molecule has 0 spiro atoms. The van der Waals surface area contributed by atoms with Gasteiger partial charge in [-0.1, -0.05) is 74.2 Å². The van der Waals surface area contributed by atoms with Gasteiger partial charge >= 0.3 is 0 Å². The second-order valence-corrected chi connectivity index (χ2v) is 4.94. The van der Waals surface area contributed by atoms with Crippen molar-refractivity contribution >= 4 is 6.08 Å². The van der Waals surface area contributed by atoms with Crippen molar-refractivity contribution in [2.75, 3.05) is 0 Å². The summed E-state index contributed by atoms with van der Waals surface area (Å²) in [7, 11) is 0. The van der Waals surface area contributed by atoms with Crippen molar-refractivity contribution in [2.24, 2.45) is 5.92 Å². The van der Waals surface area contributed by atoms with Gasteiger partial charge in [0.1, 0.15) is 0 Å². The molecule has 0 aliphatic heterocycles. The van der Waals surface area contributed by atoms with Gasteiger partial charge in [-0.3, -0.25) is 0 Å². The first-order valence-corrected chi connectivity index (χ1v) is 6.67. The van der Waals surface area contributed by atoms with E-state index in [1.807, 2.05) is 12.2 Å². The summed E-state index contributed by atoms with van der Waals surface area (Å²) in [5, 5.41) is 0. The van der Waals surface area contributed by atoms with Crippen molar-refractivity contribution in [1.82, 2.24) is 0 Å². The first-order chi connectivity index (χ1) is 9.22. The summed E-state index contributed by atoms with van der Waals surface area (Å²) in [6, 6.07) is 17.2. The molecular formula is C19H20. The SMILES string of the molecule is C=Cc1ccc(-c2ccc(CC(C)C=C)cc2)cc1. The predicted octanol–water partition coefficient (Wildman–Crippen LogP) is 5.36. The van der Waals surface area contributed by atoms with Crippen molar-refractivity contribution in [1.29, 1.82) is 0 Å². The highest BCUT2D eigenvalue weighted by Gasteiger charge is 2.01. The van der Waals surface area contributed by atoms with E-state index in [0.717, 1.165) is 12.0 Å². The Kier molecular flexibility index (Phi) is 4.35. The van der Waals surface area contributed by atoms with Crippen molar-refractivity contribution in [3.63, 3.8) is 0 Å². The fraction of sp³-hybridized carbons (Fsp3) is 0.158. The summed E-state index contributed by atoms with van der Waals surface area (Å²) in [5.41, 5.74) is 5.01. The second kappa shape index (κ2) is 6.19. The van der Waals surface area contributed by atoms with Gasteiger partial charge in [-0.2, -0.15) is 0 Å². The van der Waals surface area contributed by atoms with Crippen LogP contribution in [0.25, 0.3) is 17.2 Å². The summed E-state index contributed by atoms with van der Waals surface area (Å²) < 4.78 is 0. The fourth-order valence-corrected chi connectivity index (χ4v) is 2.10. The zero-order valence-electron chi connectivity index (χ0n) is 11.5. The number of hydrogen-bond acceptors (Lipinski definition) is 0. The molecule has 0 N–H and O–H groups in total. The molecule has 2 aromatic carbocycles. The lowest BCUT2D eigenvalue weighted by Crippen LogP contribution is -1.94. The van der Waals surface area contributed by atoms with Crippen LogP contribution < -0.4 is 0 Å². The molecule has 1 atom stereocenters. The maximum Gasteiger partial charge on any atom is -0.0184 e. The normalized spacial score (nSPS) is 11.8. The van der Waals surface area contributed by atoms with Crippen LogP contribution in [0.5, 0.6) is 0 Å². The molecular weight excluding hydrogens is 228 g/mol. The summed E-state index contributed by atoms with van der Waals surface area (Å²) in [4.78, 5) is 0. The van der Waals surface area contributed by atoms with Crippen molar-refractivity contribution in [2.45, 2.75) is 13.3 Å². The summed E-state index contributed by atoms with van der Waals surface area (Å²) in [6.07, 6.45) is 4.92. The number of hydrogen-bond donors (Lipinski definition) is 0. The Morgan fingerprint density at radius 3 is 1.89 bits per heavy atom. The molecule has 0 saturated carbocycles. The van der Waals surface area contributed by atoms with Crippen LogP contribution in [0.2, 0.25) is 0 Å². The van der Waals surface area contributed by atoms with Crippen LogP contribution in [0.15, 0.2) is 67.8 Å². The molecule has 0 aliphatic rings. The van der Waals surface area contributed by atoms with Gasteiger partial charge in [0, 0.05) is 0 Å². The van der Waals surface area contributed by atoms with E-state index in [1.54, 1.807) is 0 Å². The quantitative estimate of drug-likeness (QED) is 0.625. The predicted molar refractivity (Wildman–Crippen MR) is 85.0 cm³/mol. The van der Waals surface area contributed by atoms with Gasteiger partial charge in [-0.25, -0.2) is 0 Å². The molecule has 0 radical (unpaired) electrons. The molecule has 2 rings (SSSR count). The summed E-state index contributed by atoms with van der Waals surface area (Å²) in [6.45, 7) is 9.79. The lowest BCUT2D eigenvalue weighted by atomic mass is 9.98. The molecule has 1 unspecified atom stereocenters. The lowest BCUT2D eigenvalue weighted by molar-refractivity contribution is 0.726. The number of rotatable bonds is 5. The monoisotopic (exact) mass is 248 g/mol. The van der Waals surface area contributed by atoms with Gasteiger partial charge in [0.2, 0.25) is 0 Å².